The molecule has 0 amide bonds. The van der Waals surface area contributed by atoms with E-state index in [1.165, 1.54) is 5.56 Å². The van der Waals surface area contributed by atoms with Crippen LogP contribution in [0, 0.1) is 12.8 Å². The Balaban J connectivity index is 1.85. The predicted molar refractivity (Wildman–Crippen MR) is 90.3 cm³/mol. The highest BCUT2D eigenvalue weighted by Crippen LogP contribution is 2.33. The van der Waals surface area contributed by atoms with Gasteiger partial charge in [0.1, 0.15) is 11.5 Å². The van der Waals surface area contributed by atoms with Crippen LogP contribution < -0.4 is 9.47 Å². The Kier molecular flexibility index (Phi) is 5.09. The van der Waals surface area contributed by atoms with Gasteiger partial charge in [-0.1, -0.05) is 6.07 Å². The first-order valence-electron chi connectivity index (χ1n) is 8.33. The molecule has 2 aliphatic rings. The van der Waals surface area contributed by atoms with Crippen molar-refractivity contribution in [2.24, 2.45) is 5.92 Å². The summed E-state index contributed by atoms with van der Waals surface area (Å²) in [6.45, 7) is 7.91. The highest BCUT2D eigenvalue weighted by Gasteiger charge is 2.32. The molecule has 128 valence electrons. The molecule has 2 aliphatic heterocycles. The standard InChI is InChI=1S/C18H28N2O3/c1-13-17(21-3)6-5-15(18(13)22-4)9-20-8-14-7-19(2)10-16(20)12-23-11-14/h5-6,14,16H,7-12H2,1-4H3/t14-,16-/m0/s1. The van der Waals surface area contributed by atoms with Gasteiger partial charge in [0.05, 0.1) is 27.4 Å². The van der Waals surface area contributed by atoms with Crippen LogP contribution in [0.5, 0.6) is 11.5 Å². The van der Waals surface area contributed by atoms with E-state index in [1.807, 2.05) is 6.07 Å². The molecule has 2 saturated heterocycles. The summed E-state index contributed by atoms with van der Waals surface area (Å²) in [6, 6.07) is 4.61. The molecule has 2 fully saturated rings. The third-order valence-electron chi connectivity index (χ3n) is 5.00. The highest BCUT2D eigenvalue weighted by molar-refractivity contribution is 5.49. The van der Waals surface area contributed by atoms with E-state index in [9.17, 15) is 0 Å². The van der Waals surface area contributed by atoms with Gasteiger partial charge < -0.3 is 19.1 Å². The largest absolute Gasteiger partial charge is 0.496 e. The number of benzene rings is 1. The summed E-state index contributed by atoms with van der Waals surface area (Å²) >= 11 is 0. The topological polar surface area (TPSA) is 34.2 Å². The molecule has 0 spiro atoms. The Morgan fingerprint density at radius 1 is 1.13 bits per heavy atom. The second-order valence-corrected chi connectivity index (χ2v) is 6.79. The van der Waals surface area contributed by atoms with Crippen LogP contribution in [-0.2, 0) is 11.3 Å². The monoisotopic (exact) mass is 320 g/mol. The maximum Gasteiger partial charge on any atom is 0.129 e. The second kappa shape index (κ2) is 7.07. The van der Waals surface area contributed by atoms with E-state index < -0.39 is 0 Å². The van der Waals surface area contributed by atoms with Gasteiger partial charge in [-0.15, -0.1) is 0 Å². The molecular weight excluding hydrogens is 292 g/mol. The van der Waals surface area contributed by atoms with Gasteiger partial charge in [0.15, 0.2) is 0 Å². The number of methoxy groups -OCH3 is 2. The number of hydrogen-bond donors (Lipinski definition) is 0. The van der Waals surface area contributed by atoms with E-state index in [-0.39, 0.29) is 0 Å². The van der Waals surface area contributed by atoms with E-state index in [0.717, 1.165) is 56.5 Å². The number of rotatable bonds is 4. The van der Waals surface area contributed by atoms with Gasteiger partial charge in [-0.3, -0.25) is 4.90 Å². The fourth-order valence-corrected chi connectivity index (χ4v) is 3.94. The number of nitrogens with zero attached hydrogens (tertiary/aromatic N) is 2. The Morgan fingerprint density at radius 2 is 1.96 bits per heavy atom. The molecule has 1 aromatic rings. The molecule has 0 radical (unpaired) electrons. The lowest BCUT2D eigenvalue weighted by Crippen LogP contribution is -2.42. The van der Waals surface area contributed by atoms with Crippen molar-refractivity contribution in [1.29, 1.82) is 0 Å². The van der Waals surface area contributed by atoms with Crippen molar-refractivity contribution in [1.82, 2.24) is 9.80 Å². The van der Waals surface area contributed by atoms with Gasteiger partial charge in [0.25, 0.3) is 0 Å². The first-order valence-corrected chi connectivity index (χ1v) is 8.33. The summed E-state index contributed by atoms with van der Waals surface area (Å²) in [7, 11) is 5.66. The zero-order valence-electron chi connectivity index (χ0n) is 14.7. The molecule has 1 aromatic carbocycles. The van der Waals surface area contributed by atoms with Crippen LogP contribution in [0.2, 0.25) is 0 Å². The van der Waals surface area contributed by atoms with Gasteiger partial charge >= 0.3 is 0 Å². The minimum Gasteiger partial charge on any atom is -0.496 e. The van der Waals surface area contributed by atoms with Gasteiger partial charge in [0.2, 0.25) is 0 Å². The Bertz CT molecular complexity index is 549. The molecule has 0 aromatic heterocycles. The normalized spacial score (nSPS) is 25.9. The van der Waals surface area contributed by atoms with Crippen molar-refractivity contribution in [3.8, 4) is 11.5 Å². The van der Waals surface area contributed by atoms with Crippen LogP contribution in [0.25, 0.3) is 0 Å². The highest BCUT2D eigenvalue weighted by atomic mass is 16.5. The van der Waals surface area contributed by atoms with Gasteiger partial charge in [-0.2, -0.15) is 0 Å². The lowest BCUT2D eigenvalue weighted by Gasteiger charge is -2.30. The molecule has 23 heavy (non-hydrogen) atoms. The van der Waals surface area contributed by atoms with Gasteiger partial charge in [0, 0.05) is 49.3 Å². The molecule has 2 bridgehead atoms. The lowest BCUT2D eigenvalue weighted by atomic mass is 10.1. The molecule has 0 unspecified atom stereocenters. The second-order valence-electron chi connectivity index (χ2n) is 6.79. The van der Waals surface area contributed by atoms with Crippen LogP contribution in [0.15, 0.2) is 12.1 Å². The first kappa shape index (κ1) is 16.6. The third-order valence-corrected chi connectivity index (χ3v) is 5.00. The van der Waals surface area contributed by atoms with Gasteiger partial charge in [-0.05, 0) is 20.0 Å². The molecule has 2 heterocycles. The van der Waals surface area contributed by atoms with Crippen molar-refractivity contribution >= 4 is 0 Å². The van der Waals surface area contributed by atoms with Crippen molar-refractivity contribution in [3.63, 3.8) is 0 Å². The molecule has 0 saturated carbocycles. The fourth-order valence-electron chi connectivity index (χ4n) is 3.94. The maximum atomic E-state index is 5.88. The fraction of sp³-hybridized carbons (Fsp3) is 0.667. The molecule has 5 nitrogen and oxygen atoms in total. The summed E-state index contributed by atoms with van der Waals surface area (Å²) in [5.74, 6) is 2.40. The molecule has 0 aliphatic carbocycles. The number of likely N-dealkylation sites (N-methyl/N-ethyl adjacent to an activating group) is 1. The van der Waals surface area contributed by atoms with Crippen LogP contribution in [-0.4, -0.2) is 70.0 Å². The molecular formula is C18H28N2O3. The van der Waals surface area contributed by atoms with Crippen LogP contribution in [0.3, 0.4) is 0 Å². The quantitative estimate of drug-likeness (QED) is 0.845. The third kappa shape index (κ3) is 3.47. The predicted octanol–water partition coefficient (Wildman–Crippen LogP) is 1.77. The zero-order chi connectivity index (χ0) is 16.4. The molecule has 5 heteroatoms. The average molecular weight is 320 g/mol. The Labute approximate surface area is 139 Å². The summed E-state index contributed by atoms with van der Waals surface area (Å²) in [5.41, 5.74) is 2.29. The summed E-state index contributed by atoms with van der Waals surface area (Å²) in [4.78, 5) is 5.00. The maximum absolute atomic E-state index is 5.88. The molecule has 2 atom stereocenters. The van der Waals surface area contributed by atoms with E-state index >= 15 is 0 Å². The smallest absolute Gasteiger partial charge is 0.129 e. The number of fused-ring (bicyclic) bond motifs is 3. The Hall–Kier alpha value is -1.30. The van der Waals surface area contributed by atoms with Crippen molar-refractivity contribution in [2.45, 2.75) is 19.5 Å². The lowest BCUT2D eigenvalue weighted by molar-refractivity contribution is 0.0560. The van der Waals surface area contributed by atoms with Crippen LogP contribution in [0.4, 0.5) is 0 Å². The summed E-state index contributed by atoms with van der Waals surface area (Å²) in [5, 5.41) is 0. The van der Waals surface area contributed by atoms with Gasteiger partial charge in [-0.25, -0.2) is 0 Å². The SMILES string of the molecule is COc1ccc(CN2C[C@H]3COC[C@@H]2CN(C)C3)c(OC)c1C. The number of hydrogen-bond acceptors (Lipinski definition) is 5. The molecule has 3 rings (SSSR count). The Morgan fingerprint density at radius 3 is 2.70 bits per heavy atom. The average Bonchev–Trinajstić information content (AvgIpc) is 2.77. The van der Waals surface area contributed by atoms with E-state index in [2.05, 4.69) is 29.8 Å². The zero-order valence-corrected chi connectivity index (χ0v) is 14.7. The molecule has 0 N–H and O–H groups in total. The minimum atomic E-state index is 0.444. The van der Waals surface area contributed by atoms with Crippen molar-refractivity contribution in [2.75, 3.05) is 54.1 Å². The van der Waals surface area contributed by atoms with Crippen LogP contribution in [0.1, 0.15) is 11.1 Å². The van der Waals surface area contributed by atoms with E-state index in [0.29, 0.717) is 12.0 Å². The number of ether oxygens (including phenoxy) is 3. The van der Waals surface area contributed by atoms with E-state index in [4.69, 9.17) is 14.2 Å². The minimum absolute atomic E-state index is 0.444. The van der Waals surface area contributed by atoms with Crippen molar-refractivity contribution in [3.05, 3.63) is 23.3 Å². The first-order chi connectivity index (χ1) is 11.1. The van der Waals surface area contributed by atoms with E-state index in [1.54, 1.807) is 14.2 Å². The van der Waals surface area contributed by atoms with Crippen molar-refractivity contribution < 1.29 is 14.2 Å². The summed E-state index contributed by atoms with van der Waals surface area (Å²) < 4.78 is 17.0. The summed E-state index contributed by atoms with van der Waals surface area (Å²) in [6.07, 6.45) is 0. The van der Waals surface area contributed by atoms with Crippen LogP contribution >= 0.6 is 0 Å².